The number of nitrogens with one attached hydrogen (secondary N) is 1. The number of halogens is 1. The van der Waals surface area contributed by atoms with Crippen LogP contribution in [0, 0.1) is 6.92 Å². The number of carboxylic acid groups (broad SMARTS) is 1. The highest BCUT2D eigenvalue weighted by Crippen LogP contribution is 2.21. The van der Waals surface area contributed by atoms with E-state index < -0.39 is 18.0 Å². The van der Waals surface area contributed by atoms with Gasteiger partial charge in [0.25, 0.3) is 5.91 Å². The number of anilines is 1. The van der Waals surface area contributed by atoms with Gasteiger partial charge >= 0.3 is 0 Å². The molecule has 0 aliphatic rings. The number of carbonyl (C=O) groups is 2. The van der Waals surface area contributed by atoms with Crippen molar-refractivity contribution in [3.8, 4) is 5.75 Å². The summed E-state index contributed by atoms with van der Waals surface area (Å²) in [5, 5.41) is 13.9. The molecule has 2 aromatic rings. The Morgan fingerprint density at radius 3 is 2.61 bits per heavy atom. The molecule has 23 heavy (non-hydrogen) atoms. The molecular weight excluding hydrogens is 318 g/mol. The normalized spacial score (nSPS) is 11.6. The van der Waals surface area contributed by atoms with E-state index >= 15 is 0 Å². The second-order valence-corrected chi connectivity index (χ2v) is 5.48. The Labute approximate surface area is 138 Å². The Morgan fingerprint density at radius 2 is 1.96 bits per heavy atom. The zero-order chi connectivity index (χ0) is 17.0. The van der Waals surface area contributed by atoms with E-state index in [0.717, 1.165) is 5.56 Å². The zero-order valence-corrected chi connectivity index (χ0v) is 13.4. The van der Waals surface area contributed by atoms with Crippen molar-refractivity contribution < 1.29 is 19.4 Å². The first-order valence-electron chi connectivity index (χ1n) is 6.92. The second-order valence-electron chi connectivity index (χ2n) is 5.04. The summed E-state index contributed by atoms with van der Waals surface area (Å²) in [5.41, 5.74) is 0.928. The lowest BCUT2D eigenvalue weighted by Gasteiger charge is -2.17. The topological polar surface area (TPSA) is 78.5 Å². The number of rotatable bonds is 5. The predicted octanol–water partition coefficient (Wildman–Crippen LogP) is 2.42. The monoisotopic (exact) mass is 332 g/mol. The third-order valence-corrected chi connectivity index (χ3v) is 3.37. The first-order valence-corrected chi connectivity index (χ1v) is 7.29. The molecule has 0 fully saturated rings. The molecule has 0 bridgehead atoms. The number of aryl methyl sites for hydroxylation is 1. The summed E-state index contributed by atoms with van der Waals surface area (Å²) in [6.07, 6.45) is -0.814. The van der Waals surface area contributed by atoms with Gasteiger partial charge in [0.15, 0.2) is 6.10 Å². The van der Waals surface area contributed by atoms with Gasteiger partial charge in [-0.3, -0.25) is 4.79 Å². The largest absolute Gasteiger partial charge is 0.545 e. The molecule has 0 radical (unpaired) electrons. The minimum atomic E-state index is -1.40. The van der Waals surface area contributed by atoms with Crippen LogP contribution in [-0.2, 0) is 4.79 Å². The number of carbonyl (C=O) groups excluding carboxylic acids is 2. The molecule has 1 N–H and O–H groups in total. The molecule has 0 saturated heterocycles. The summed E-state index contributed by atoms with van der Waals surface area (Å²) in [6, 6.07) is 11.3. The molecule has 0 aliphatic carbocycles. The van der Waals surface area contributed by atoms with Crippen LogP contribution < -0.4 is 15.2 Å². The summed E-state index contributed by atoms with van der Waals surface area (Å²) >= 11 is 5.84. The average Bonchev–Trinajstić information content (AvgIpc) is 2.46. The van der Waals surface area contributed by atoms with Gasteiger partial charge in [0.1, 0.15) is 5.75 Å². The van der Waals surface area contributed by atoms with Crippen LogP contribution in [0.4, 0.5) is 5.69 Å². The molecule has 0 spiro atoms. The maximum Gasteiger partial charge on any atom is 0.265 e. The molecule has 120 valence electrons. The Hall–Kier alpha value is -2.53. The van der Waals surface area contributed by atoms with Crippen LogP contribution in [0.25, 0.3) is 0 Å². The fraction of sp³-hybridized carbons (Fsp3) is 0.176. The highest BCUT2D eigenvalue weighted by Gasteiger charge is 2.17. The highest BCUT2D eigenvalue weighted by molar-refractivity contribution is 6.31. The first kappa shape index (κ1) is 16.8. The minimum absolute atomic E-state index is 0.0715. The molecule has 6 heteroatoms. The molecule has 0 saturated carbocycles. The van der Waals surface area contributed by atoms with E-state index in [0.29, 0.717) is 10.8 Å². The van der Waals surface area contributed by atoms with Gasteiger partial charge < -0.3 is 20.0 Å². The van der Waals surface area contributed by atoms with E-state index in [1.165, 1.54) is 18.2 Å². The van der Waals surface area contributed by atoms with Crippen molar-refractivity contribution in [2.24, 2.45) is 0 Å². The van der Waals surface area contributed by atoms with Crippen molar-refractivity contribution >= 4 is 29.2 Å². The average molecular weight is 333 g/mol. The Kier molecular flexibility index (Phi) is 5.24. The number of hydrogen-bond acceptors (Lipinski definition) is 4. The Bertz CT molecular complexity index is 745. The van der Waals surface area contributed by atoms with E-state index in [4.69, 9.17) is 16.3 Å². The summed E-state index contributed by atoms with van der Waals surface area (Å²) in [4.78, 5) is 23.3. The second kappa shape index (κ2) is 7.15. The molecule has 0 aromatic heterocycles. The number of benzene rings is 2. The van der Waals surface area contributed by atoms with Crippen molar-refractivity contribution in [1.29, 1.82) is 0 Å². The van der Waals surface area contributed by atoms with Crippen LogP contribution in [0.3, 0.4) is 0 Å². The standard InChI is InChI=1S/C17H16ClNO4/c1-10-4-3-5-13(8-10)23-11(2)16(20)19-15-9-12(18)6-7-14(15)17(21)22/h3-9,11H,1-2H3,(H,19,20)(H,21,22)/p-1/t11-/m0/s1. The van der Waals surface area contributed by atoms with Crippen molar-refractivity contribution in [3.63, 3.8) is 0 Å². The molecule has 2 aromatic carbocycles. The van der Waals surface area contributed by atoms with Crippen molar-refractivity contribution in [1.82, 2.24) is 0 Å². The van der Waals surface area contributed by atoms with Crippen LogP contribution in [-0.4, -0.2) is 18.0 Å². The van der Waals surface area contributed by atoms with Crippen LogP contribution in [0.5, 0.6) is 5.75 Å². The molecule has 1 atom stereocenters. The van der Waals surface area contributed by atoms with Gasteiger partial charge in [-0.1, -0.05) is 23.7 Å². The fourth-order valence-electron chi connectivity index (χ4n) is 1.98. The summed E-state index contributed by atoms with van der Waals surface area (Å²) in [7, 11) is 0. The van der Waals surface area contributed by atoms with E-state index in [1.807, 2.05) is 19.1 Å². The number of ether oxygens (including phenoxy) is 1. The van der Waals surface area contributed by atoms with Crippen molar-refractivity contribution in [2.75, 3.05) is 5.32 Å². The molecule has 0 unspecified atom stereocenters. The van der Waals surface area contributed by atoms with E-state index in [2.05, 4.69) is 5.32 Å². The Morgan fingerprint density at radius 1 is 1.22 bits per heavy atom. The first-order chi connectivity index (χ1) is 10.9. The summed E-state index contributed by atoms with van der Waals surface area (Å²) < 4.78 is 5.55. The lowest BCUT2D eigenvalue weighted by molar-refractivity contribution is -0.254. The van der Waals surface area contributed by atoms with E-state index in [-0.39, 0.29) is 11.3 Å². The zero-order valence-electron chi connectivity index (χ0n) is 12.6. The predicted molar refractivity (Wildman–Crippen MR) is 85.7 cm³/mol. The van der Waals surface area contributed by atoms with E-state index in [1.54, 1.807) is 19.1 Å². The summed E-state index contributed by atoms with van der Waals surface area (Å²) in [6.45, 7) is 3.48. The summed E-state index contributed by atoms with van der Waals surface area (Å²) in [5.74, 6) is -1.33. The molecular formula is C17H15ClNO4-. The SMILES string of the molecule is Cc1cccc(O[C@@H](C)C(=O)Nc2cc(Cl)ccc2C(=O)[O-])c1. The molecule has 5 nitrogen and oxygen atoms in total. The van der Waals surface area contributed by atoms with Gasteiger partial charge in [0.2, 0.25) is 0 Å². The molecule has 2 rings (SSSR count). The third-order valence-electron chi connectivity index (χ3n) is 3.13. The lowest BCUT2D eigenvalue weighted by atomic mass is 10.1. The molecule has 0 aliphatic heterocycles. The van der Waals surface area contributed by atoms with E-state index in [9.17, 15) is 14.7 Å². The number of carboxylic acids is 1. The van der Waals surface area contributed by atoms with Crippen LogP contribution >= 0.6 is 11.6 Å². The van der Waals surface area contributed by atoms with Crippen molar-refractivity contribution in [3.05, 3.63) is 58.6 Å². The van der Waals surface area contributed by atoms with Gasteiger partial charge in [-0.2, -0.15) is 0 Å². The maximum absolute atomic E-state index is 12.2. The third kappa shape index (κ3) is 4.47. The smallest absolute Gasteiger partial charge is 0.265 e. The fourth-order valence-corrected chi connectivity index (χ4v) is 2.15. The van der Waals surface area contributed by atoms with Gasteiger partial charge in [0.05, 0.1) is 11.7 Å². The van der Waals surface area contributed by atoms with Crippen LogP contribution in [0.2, 0.25) is 5.02 Å². The minimum Gasteiger partial charge on any atom is -0.545 e. The number of hydrogen-bond donors (Lipinski definition) is 1. The van der Waals surface area contributed by atoms with Crippen LogP contribution in [0.15, 0.2) is 42.5 Å². The Balaban J connectivity index is 2.12. The maximum atomic E-state index is 12.2. The highest BCUT2D eigenvalue weighted by atomic mass is 35.5. The van der Waals surface area contributed by atoms with Gasteiger partial charge in [-0.15, -0.1) is 0 Å². The van der Waals surface area contributed by atoms with Gasteiger partial charge in [0, 0.05) is 10.6 Å². The number of amides is 1. The quantitative estimate of drug-likeness (QED) is 0.912. The van der Waals surface area contributed by atoms with Gasteiger partial charge in [-0.25, -0.2) is 0 Å². The lowest BCUT2D eigenvalue weighted by Crippen LogP contribution is -2.32. The molecule has 1 amide bonds. The van der Waals surface area contributed by atoms with Gasteiger partial charge in [-0.05, 0) is 49.7 Å². The van der Waals surface area contributed by atoms with Crippen molar-refractivity contribution in [2.45, 2.75) is 20.0 Å². The number of aromatic carboxylic acids is 1. The molecule has 0 heterocycles. The van der Waals surface area contributed by atoms with Crippen LogP contribution in [0.1, 0.15) is 22.8 Å².